The summed E-state index contributed by atoms with van der Waals surface area (Å²) in [6, 6.07) is 34.0. The molecule has 0 saturated heterocycles. The zero-order valence-corrected chi connectivity index (χ0v) is 19.6. The molecule has 0 amide bonds. The third-order valence-corrected chi connectivity index (χ3v) is 8.65. The fourth-order valence-corrected chi connectivity index (χ4v) is 7.21. The fourth-order valence-electron chi connectivity index (χ4n) is 7.21. The maximum Gasteiger partial charge on any atom is 0.0620 e. The van der Waals surface area contributed by atoms with Crippen molar-refractivity contribution >= 4 is 59.9 Å². The van der Waals surface area contributed by atoms with Crippen molar-refractivity contribution in [3.05, 3.63) is 102 Å². The fraction of sp³-hybridized carbons (Fsp3) is 0.0909. The second-order valence-corrected chi connectivity index (χ2v) is 10.6. The minimum absolute atomic E-state index is 0.0113. The van der Waals surface area contributed by atoms with E-state index in [1.54, 1.807) is 0 Å². The molecule has 3 heterocycles. The molecule has 1 aliphatic rings. The highest BCUT2D eigenvalue weighted by Gasteiger charge is 2.37. The first-order valence-corrected chi connectivity index (χ1v) is 12.4. The molecule has 1 aliphatic carbocycles. The Labute approximate surface area is 201 Å². The predicted molar refractivity (Wildman–Crippen MR) is 148 cm³/mol. The summed E-state index contributed by atoms with van der Waals surface area (Å²) in [5.41, 5.74) is 11.9. The summed E-state index contributed by atoms with van der Waals surface area (Å²) in [5, 5.41) is 7.97. The lowest BCUT2D eigenvalue weighted by molar-refractivity contribution is 0.661. The predicted octanol–water partition coefficient (Wildman–Crippen LogP) is 8.78. The topological polar surface area (TPSA) is 20.2 Å². The molecule has 2 heteroatoms. The molecule has 3 aromatic heterocycles. The van der Waals surface area contributed by atoms with Crippen molar-refractivity contribution in [1.82, 2.24) is 9.38 Å². The maximum absolute atomic E-state index is 3.68. The van der Waals surface area contributed by atoms with Gasteiger partial charge in [0.05, 0.1) is 16.6 Å². The third kappa shape index (κ3) is 1.89. The van der Waals surface area contributed by atoms with Crippen LogP contribution in [0.15, 0.2) is 91.0 Å². The summed E-state index contributed by atoms with van der Waals surface area (Å²) < 4.78 is 2.53. The molecule has 164 valence electrons. The van der Waals surface area contributed by atoms with E-state index in [2.05, 4.69) is 114 Å². The first-order valence-electron chi connectivity index (χ1n) is 12.4. The second kappa shape index (κ2) is 5.67. The highest BCUT2D eigenvalue weighted by atomic mass is 14.9. The van der Waals surface area contributed by atoms with Gasteiger partial charge in [0.2, 0.25) is 0 Å². The van der Waals surface area contributed by atoms with E-state index in [1.165, 1.54) is 82.2 Å². The molecule has 8 aromatic rings. The highest BCUT2D eigenvalue weighted by molar-refractivity contribution is 6.31. The smallest absolute Gasteiger partial charge is 0.0620 e. The van der Waals surface area contributed by atoms with E-state index in [0.29, 0.717) is 0 Å². The molecular formula is C33H22N2. The number of fused-ring (bicyclic) bond motifs is 9. The lowest BCUT2D eigenvalue weighted by Crippen LogP contribution is -2.14. The van der Waals surface area contributed by atoms with Crippen molar-refractivity contribution in [2.75, 3.05) is 0 Å². The van der Waals surface area contributed by atoms with Gasteiger partial charge in [0.1, 0.15) is 0 Å². The normalized spacial score (nSPS) is 14.8. The quantitative estimate of drug-likeness (QED) is 0.240. The molecule has 0 saturated carbocycles. The van der Waals surface area contributed by atoms with Gasteiger partial charge < -0.3 is 9.38 Å². The van der Waals surface area contributed by atoms with Gasteiger partial charge >= 0.3 is 0 Å². The van der Waals surface area contributed by atoms with Crippen LogP contribution >= 0.6 is 0 Å². The first-order chi connectivity index (χ1) is 17.1. The number of H-pyrrole nitrogens is 1. The summed E-state index contributed by atoms with van der Waals surface area (Å²) in [6.45, 7) is 4.73. The van der Waals surface area contributed by atoms with E-state index in [-0.39, 0.29) is 5.41 Å². The monoisotopic (exact) mass is 446 g/mol. The highest BCUT2D eigenvalue weighted by Crippen LogP contribution is 2.53. The number of nitrogens with one attached hydrogen (secondary N) is 1. The zero-order chi connectivity index (χ0) is 23.1. The summed E-state index contributed by atoms with van der Waals surface area (Å²) >= 11 is 0. The number of benzene rings is 5. The maximum atomic E-state index is 3.68. The number of rotatable bonds is 0. The third-order valence-electron chi connectivity index (χ3n) is 8.65. The van der Waals surface area contributed by atoms with Gasteiger partial charge in [-0.3, -0.25) is 0 Å². The average molecular weight is 447 g/mol. The Morgan fingerprint density at radius 1 is 0.571 bits per heavy atom. The molecule has 35 heavy (non-hydrogen) atoms. The largest absolute Gasteiger partial charge is 0.354 e. The Bertz CT molecular complexity index is 2190. The van der Waals surface area contributed by atoms with Crippen LogP contribution in [-0.2, 0) is 5.41 Å². The number of hydrogen-bond acceptors (Lipinski definition) is 0. The van der Waals surface area contributed by atoms with Crippen LogP contribution in [0.2, 0.25) is 0 Å². The molecular weight excluding hydrogens is 424 g/mol. The van der Waals surface area contributed by atoms with Crippen molar-refractivity contribution in [2.24, 2.45) is 0 Å². The zero-order valence-electron chi connectivity index (χ0n) is 19.6. The first kappa shape index (κ1) is 18.1. The number of aromatic amines is 1. The van der Waals surface area contributed by atoms with Gasteiger partial charge in [-0.25, -0.2) is 0 Å². The van der Waals surface area contributed by atoms with E-state index < -0.39 is 0 Å². The van der Waals surface area contributed by atoms with Crippen molar-refractivity contribution in [3.63, 3.8) is 0 Å². The standard InChI is InChI=1S/C33H22N2/c1-33(2)22-12-4-3-8-20(22)28-23(33)16-17-27-30(28)21-11-5-10-19-18-9-6-13-24-29(18)31-25(34-24)14-7-15-26(31)35(27)32(19)21/h3-17,34H,1-2H3. The summed E-state index contributed by atoms with van der Waals surface area (Å²) in [4.78, 5) is 3.68. The van der Waals surface area contributed by atoms with E-state index in [9.17, 15) is 0 Å². The Hall–Kier alpha value is -4.30. The van der Waals surface area contributed by atoms with E-state index >= 15 is 0 Å². The van der Waals surface area contributed by atoms with Gasteiger partial charge in [-0.2, -0.15) is 0 Å². The van der Waals surface area contributed by atoms with Gasteiger partial charge in [-0.05, 0) is 51.9 Å². The molecule has 0 unspecified atom stereocenters. The van der Waals surface area contributed by atoms with Gasteiger partial charge in [-0.15, -0.1) is 0 Å². The molecule has 0 aliphatic heterocycles. The van der Waals surface area contributed by atoms with Crippen LogP contribution in [0.4, 0.5) is 0 Å². The minimum Gasteiger partial charge on any atom is -0.354 e. The summed E-state index contributed by atoms with van der Waals surface area (Å²) in [6.07, 6.45) is 0. The van der Waals surface area contributed by atoms with E-state index in [1.807, 2.05) is 0 Å². The van der Waals surface area contributed by atoms with Gasteiger partial charge in [-0.1, -0.05) is 80.6 Å². The van der Waals surface area contributed by atoms with Crippen LogP contribution in [0.1, 0.15) is 25.0 Å². The van der Waals surface area contributed by atoms with Crippen LogP contribution in [0.3, 0.4) is 0 Å². The van der Waals surface area contributed by atoms with Crippen molar-refractivity contribution in [2.45, 2.75) is 19.3 Å². The average Bonchev–Trinajstić information content (AvgIpc) is 3.47. The van der Waals surface area contributed by atoms with Crippen molar-refractivity contribution in [1.29, 1.82) is 0 Å². The molecule has 5 aromatic carbocycles. The minimum atomic E-state index is -0.0113. The van der Waals surface area contributed by atoms with Crippen LogP contribution in [-0.4, -0.2) is 9.38 Å². The van der Waals surface area contributed by atoms with Crippen LogP contribution in [0.25, 0.3) is 71.0 Å². The van der Waals surface area contributed by atoms with Crippen LogP contribution < -0.4 is 0 Å². The molecule has 0 bridgehead atoms. The van der Waals surface area contributed by atoms with Crippen LogP contribution in [0, 0.1) is 0 Å². The molecule has 1 N–H and O–H groups in total. The molecule has 0 atom stereocenters. The number of hydrogen-bond donors (Lipinski definition) is 1. The van der Waals surface area contributed by atoms with Crippen molar-refractivity contribution < 1.29 is 0 Å². The van der Waals surface area contributed by atoms with Gasteiger partial charge in [0.15, 0.2) is 0 Å². The Morgan fingerprint density at radius 2 is 1.29 bits per heavy atom. The molecule has 9 rings (SSSR count). The van der Waals surface area contributed by atoms with Crippen molar-refractivity contribution in [3.8, 4) is 11.1 Å². The molecule has 2 nitrogen and oxygen atoms in total. The van der Waals surface area contributed by atoms with Gasteiger partial charge in [0, 0.05) is 43.4 Å². The molecule has 0 spiro atoms. The summed E-state index contributed by atoms with van der Waals surface area (Å²) in [5.74, 6) is 0. The Morgan fingerprint density at radius 3 is 2.20 bits per heavy atom. The van der Waals surface area contributed by atoms with Crippen LogP contribution in [0.5, 0.6) is 0 Å². The number of nitrogens with zero attached hydrogens (tertiary/aromatic N) is 1. The van der Waals surface area contributed by atoms with E-state index in [0.717, 1.165) is 0 Å². The summed E-state index contributed by atoms with van der Waals surface area (Å²) in [7, 11) is 0. The second-order valence-electron chi connectivity index (χ2n) is 10.6. The lowest BCUT2D eigenvalue weighted by atomic mass is 9.82. The lowest BCUT2D eigenvalue weighted by Gasteiger charge is -2.21. The Kier molecular flexibility index (Phi) is 2.93. The molecule has 0 radical (unpaired) electrons. The number of aromatic nitrogens is 2. The Balaban J connectivity index is 1.67. The van der Waals surface area contributed by atoms with E-state index in [4.69, 9.17) is 0 Å². The number of para-hydroxylation sites is 1. The van der Waals surface area contributed by atoms with Gasteiger partial charge in [0.25, 0.3) is 0 Å². The molecule has 0 fully saturated rings. The SMILES string of the molecule is CC1(C)c2ccccc2-c2c1ccc1c2c2cccc3c4cccc5[nH]c6cccc(c6c54)n1c32.